The fourth-order valence-corrected chi connectivity index (χ4v) is 3.11. The molecule has 1 unspecified atom stereocenters. The minimum atomic E-state index is -1.18. The third kappa shape index (κ3) is 8.56. The van der Waals surface area contributed by atoms with Gasteiger partial charge in [-0.25, -0.2) is 20.0 Å². The Hall–Kier alpha value is -1.67. The second kappa shape index (κ2) is 12.7. The molecule has 0 radical (unpaired) electrons. The van der Waals surface area contributed by atoms with Crippen LogP contribution < -0.4 is 5.48 Å². The number of carbonyl (C=O) groups is 3. The van der Waals surface area contributed by atoms with Crippen LogP contribution in [0, 0.1) is 17.3 Å². The summed E-state index contributed by atoms with van der Waals surface area (Å²) in [7, 11) is 1.48. The van der Waals surface area contributed by atoms with Crippen molar-refractivity contribution in [2.45, 2.75) is 73.3 Å². The highest BCUT2D eigenvalue weighted by Crippen LogP contribution is 2.30. The minimum Gasteiger partial charge on any atom is -0.462 e. The molecule has 0 aliphatic carbocycles. The number of ether oxygens (including phenoxy) is 2. The van der Waals surface area contributed by atoms with Gasteiger partial charge in [0, 0.05) is 13.0 Å². The molecule has 0 bridgehead atoms. The van der Waals surface area contributed by atoms with E-state index in [9.17, 15) is 19.6 Å². The van der Waals surface area contributed by atoms with Crippen LogP contribution in [0.5, 0.6) is 0 Å². The summed E-state index contributed by atoms with van der Waals surface area (Å²) >= 11 is 0. The Bertz CT molecular complexity index is 501. The van der Waals surface area contributed by atoms with Crippen LogP contribution in [-0.2, 0) is 19.1 Å². The van der Waals surface area contributed by atoms with Crippen LogP contribution in [0.1, 0.15) is 67.2 Å². The van der Waals surface area contributed by atoms with E-state index >= 15 is 0 Å². The third-order valence-electron chi connectivity index (χ3n) is 4.40. The summed E-state index contributed by atoms with van der Waals surface area (Å²) in [5, 5.41) is 9.24. The number of urea groups is 1. The number of nitrogens with one attached hydrogen (secondary N) is 1. The second-order valence-electron chi connectivity index (χ2n) is 8.52. The molecule has 0 rings (SSSR count). The second-order valence-corrected chi connectivity index (χ2v) is 8.52. The van der Waals surface area contributed by atoms with Crippen molar-refractivity contribution >= 4 is 17.9 Å². The molecule has 0 aromatic rings. The lowest BCUT2D eigenvalue weighted by atomic mass is 9.84. The number of amides is 3. The molecular weight excluding hydrogens is 364 g/mol. The highest BCUT2D eigenvalue weighted by Gasteiger charge is 2.45. The maximum Gasteiger partial charge on any atom is 0.348 e. The number of rotatable bonds is 11. The predicted molar refractivity (Wildman–Crippen MR) is 106 cm³/mol. The van der Waals surface area contributed by atoms with Crippen molar-refractivity contribution in [3.63, 3.8) is 0 Å². The normalized spacial score (nSPS) is 13.8. The van der Waals surface area contributed by atoms with E-state index in [4.69, 9.17) is 9.47 Å². The number of esters is 1. The van der Waals surface area contributed by atoms with Gasteiger partial charge in [-0.2, -0.15) is 0 Å². The number of unbranched alkanes of at least 4 members (excludes halogenated alkanes) is 1. The largest absolute Gasteiger partial charge is 0.462 e. The van der Waals surface area contributed by atoms with Crippen LogP contribution in [0.3, 0.4) is 0 Å². The highest BCUT2D eigenvalue weighted by atomic mass is 16.6. The van der Waals surface area contributed by atoms with E-state index in [2.05, 4.69) is 0 Å². The molecule has 0 saturated heterocycles. The van der Waals surface area contributed by atoms with Crippen molar-refractivity contribution in [1.82, 2.24) is 10.4 Å². The van der Waals surface area contributed by atoms with Gasteiger partial charge in [0.25, 0.3) is 0 Å². The van der Waals surface area contributed by atoms with Gasteiger partial charge in [0.1, 0.15) is 12.6 Å². The maximum absolute atomic E-state index is 13.3. The average molecular weight is 403 g/mol. The lowest BCUT2D eigenvalue weighted by Crippen LogP contribution is -2.59. The van der Waals surface area contributed by atoms with Crippen molar-refractivity contribution in [3.8, 4) is 0 Å². The van der Waals surface area contributed by atoms with Gasteiger partial charge in [0.2, 0.25) is 5.91 Å². The number of methoxy groups -OCH3 is 1. The Morgan fingerprint density at radius 1 is 1.14 bits per heavy atom. The highest BCUT2D eigenvalue weighted by molar-refractivity contribution is 5.99. The van der Waals surface area contributed by atoms with Crippen LogP contribution in [0.25, 0.3) is 0 Å². The first-order valence-corrected chi connectivity index (χ1v) is 9.93. The van der Waals surface area contributed by atoms with Gasteiger partial charge >= 0.3 is 12.0 Å². The summed E-state index contributed by atoms with van der Waals surface area (Å²) in [5.74, 6) is -1.36. The number of imide groups is 1. The molecule has 0 heterocycles. The van der Waals surface area contributed by atoms with Crippen LogP contribution in [-0.4, -0.2) is 54.4 Å². The summed E-state index contributed by atoms with van der Waals surface area (Å²) in [6, 6.07) is -2.21. The van der Waals surface area contributed by atoms with E-state index in [1.807, 2.05) is 20.8 Å². The molecule has 0 saturated carbocycles. The zero-order valence-electron chi connectivity index (χ0n) is 18.4. The number of hydrogen-bond donors (Lipinski definition) is 2. The number of nitrogens with zero attached hydrogens (tertiary/aromatic N) is 1. The van der Waals surface area contributed by atoms with Crippen LogP contribution in [0.15, 0.2) is 0 Å². The van der Waals surface area contributed by atoms with Gasteiger partial charge in [0.05, 0.1) is 6.61 Å². The molecule has 0 aliphatic rings. The third-order valence-corrected chi connectivity index (χ3v) is 4.40. The zero-order chi connectivity index (χ0) is 21.9. The molecule has 0 fully saturated rings. The molecule has 2 atom stereocenters. The summed E-state index contributed by atoms with van der Waals surface area (Å²) in [6.07, 6.45) is 2.94. The predicted octanol–water partition coefficient (Wildman–Crippen LogP) is 3.37. The molecule has 3 amide bonds. The van der Waals surface area contributed by atoms with Gasteiger partial charge < -0.3 is 9.47 Å². The molecule has 2 N–H and O–H groups in total. The van der Waals surface area contributed by atoms with Gasteiger partial charge in [-0.3, -0.25) is 10.0 Å². The fourth-order valence-electron chi connectivity index (χ4n) is 3.11. The van der Waals surface area contributed by atoms with Gasteiger partial charge in [0.15, 0.2) is 0 Å². The Morgan fingerprint density at radius 2 is 1.75 bits per heavy atom. The summed E-state index contributed by atoms with van der Waals surface area (Å²) in [6.45, 7) is 11.5. The first-order chi connectivity index (χ1) is 13.0. The minimum absolute atomic E-state index is 0.00987. The Kier molecular flexibility index (Phi) is 12.0. The average Bonchev–Trinajstić information content (AvgIpc) is 2.60. The zero-order valence-corrected chi connectivity index (χ0v) is 18.4. The topological polar surface area (TPSA) is 105 Å². The maximum atomic E-state index is 13.3. The van der Waals surface area contributed by atoms with Gasteiger partial charge in [-0.15, -0.1) is 0 Å². The van der Waals surface area contributed by atoms with Crippen LogP contribution >= 0.6 is 0 Å². The molecule has 8 nitrogen and oxygen atoms in total. The molecule has 28 heavy (non-hydrogen) atoms. The van der Waals surface area contributed by atoms with E-state index in [1.54, 1.807) is 20.8 Å². The molecule has 0 spiro atoms. The summed E-state index contributed by atoms with van der Waals surface area (Å²) < 4.78 is 10.1. The summed E-state index contributed by atoms with van der Waals surface area (Å²) in [4.78, 5) is 39.4. The van der Waals surface area contributed by atoms with E-state index in [0.29, 0.717) is 12.8 Å². The van der Waals surface area contributed by atoms with Gasteiger partial charge in [-0.05, 0) is 24.2 Å². The Morgan fingerprint density at radius 3 is 2.18 bits per heavy atom. The molecule has 164 valence electrons. The number of hydrogen-bond acceptors (Lipinski definition) is 6. The van der Waals surface area contributed by atoms with E-state index in [0.717, 1.165) is 17.7 Å². The summed E-state index contributed by atoms with van der Waals surface area (Å²) in [5.41, 5.74) is 0.726. The van der Waals surface area contributed by atoms with E-state index < -0.39 is 35.3 Å². The Balaban J connectivity index is 5.91. The van der Waals surface area contributed by atoms with Crippen molar-refractivity contribution in [3.05, 3.63) is 0 Å². The van der Waals surface area contributed by atoms with E-state index in [1.165, 1.54) is 12.6 Å². The standard InChI is InChI=1S/C20H38N2O6/c1-8-9-10-15(13-14(2)3)17(23)22(19(25)21-26)16(20(4,5)6)18(24)28-12-11-27-7/h14-16,26H,8-13H2,1-7H3,(H,21,25)/t15?,16-/m1/s1. The molecular formula is C20H38N2O6. The Labute approximate surface area is 168 Å². The lowest BCUT2D eigenvalue weighted by molar-refractivity contribution is -0.160. The lowest BCUT2D eigenvalue weighted by Gasteiger charge is -2.38. The van der Waals surface area contributed by atoms with Gasteiger partial charge in [-0.1, -0.05) is 54.4 Å². The smallest absolute Gasteiger partial charge is 0.348 e. The monoisotopic (exact) mass is 402 g/mol. The first-order valence-electron chi connectivity index (χ1n) is 9.93. The van der Waals surface area contributed by atoms with Crippen molar-refractivity contribution < 1.29 is 29.1 Å². The fraction of sp³-hybridized carbons (Fsp3) is 0.850. The first kappa shape index (κ1) is 26.3. The SMILES string of the molecule is CCCCC(CC(C)C)C(=O)N(C(=O)NO)[C@H](C(=O)OCCOC)C(C)(C)C. The molecule has 0 aliphatic heterocycles. The van der Waals surface area contributed by atoms with E-state index in [-0.39, 0.29) is 19.1 Å². The van der Waals surface area contributed by atoms with Crippen molar-refractivity contribution in [1.29, 1.82) is 0 Å². The van der Waals surface area contributed by atoms with Crippen molar-refractivity contribution in [2.75, 3.05) is 20.3 Å². The molecule has 8 heteroatoms. The van der Waals surface area contributed by atoms with Crippen molar-refractivity contribution in [2.24, 2.45) is 17.3 Å². The molecule has 0 aromatic heterocycles. The van der Waals surface area contributed by atoms with Crippen LogP contribution in [0.4, 0.5) is 4.79 Å². The number of hydroxylamine groups is 1. The molecule has 0 aromatic carbocycles. The van der Waals surface area contributed by atoms with Crippen LogP contribution in [0.2, 0.25) is 0 Å². The quantitative estimate of drug-likeness (QED) is 0.238. The number of carbonyl (C=O) groups excluding carboxylic acids is 3.